The average molecular weight is 366 g/mol. The molecule has 4 rings (SSSR count). The van der Waals surface area contributed by atoms with Crippen LogP contribution in [0.2, 0.25) is 0 Å². The third-order valence-corrected chi connectivity index (χ3v) is 4.80. The number of oxazole rings is 1. The van der Waals surface area contributed by atoms with E-state index in [2.05, 4.69) is 9.88 Å². The number of carbonyl (C=O) groups excluding carboxylic acids is 1. The first-order chi connectivity index (χ1) is 13.2. The fraction of sp³-hybridized carbons (Fsp3) is 0.238. The fourth-order valence-electron chi connectivity index (χ4n) is 3.51. The van der Waals surface area contributed by atoms with E-state index < -0.39 is 0 Å². The summed E-state index contributed by atoms with van der Waals surface area (Å²) in [5, 5.41) is 0. The first-order valence-electron chi connectivity index (χ1n) is 8.78. The van der Waals surface area contributed by atoms with Gasteiger partial charge in [-0.05, 0) is 36.2 Å². The summed E-state index contributed by atoms with van der Waals surface area (Å²) in [6.07, 6.45) is 2.27. The highest BCUT2D eigenvalue weighted by Gasteiger charge is 2.30. The third kappa shape index (κ3) is 3.43. The number of esters is 1. The molecule has 0 radical (unpaired) electrons. The highest BCUT2D eigenvalue weighted by atomic mass is 19.1. The van der Waals surface area contributed by atoms with Gasteiger partial charge in [0.05, 0.1) is 25.3 Å². The summed E-state index contributed by atoms with van der Waals surface area (Å²) in [6.45, 7) is 1.25. The first kappa shape index (κ1) is 17.3. The van der Waals surface area contributed by atoms with Gasteiger partial charge >= 0.3 is 5.97 Å². The van der Waals surface area contributed by atoms with Crippen LogP contribution < -0.4 is 4.90 Å². The minimum Gasteiger partial charge on any atom is -0.469 e. The van der Waals surface area contributed by atoms with E-state index in [1.807, 2.05) is 24.3 Å². The molecule has 0 unspecified atom stereocenters. The van der Waals surface area contributed by atoms with Gasteiger partial charge < -0.3 is 14.1 Å². The molecule has 138 valence electrons. The van der Waals surface area contributed by atoms with Crippen molar-refractivity contribution in [1.29, 1.82) is 0 Å². The summed E-state index contributed by atoms with van der Waals surface area (Å²) in [5.74, 6) is -0.396. The summed E-state index contributed by atoms with van der Waals surface area (Å²) in [4.78, 5) is 18.7. The number of methoxy groups -OCH3 is 1. The van der Waals surface area contributed by atoms with Gasteiger partial charge in [0, 0.05) is 17.8 Å². The van der Waals surface area contributed by atoms with E-state index in [4.69, 9.17) is 9.15 Å². The molecule has 27 heavy (non-hydrogen) atoms. The predicted octanol–water partition coefficient (Wildman–Crippen LogP) is 4.15. The lowest BCUT2D eigenvalue weighted by atomic mass is 9.90. The molecule has 0 bridgehead atoms. The van der Waals surface area contributed by atoms with Crippen LogP contribution >= 0.6 is 0 Å². The molecule has 1 aromatic heterocycles. The maximum absolute atomic E-state index is 13.4. The normalized spacial score (nSPS) is 16.1. The molecule has 3 aromatic rings. The minimum absolute atomic E-state index is 0.211. The number of ether oxygens (including phenoxy) is 1. The molecule has 6 heteroatoms. The molecule has 0 saturated carbocycles. The lowest BCUT2D eigenvalue weighted by Gasteiger charge is -2.34. The Balaban J connectivity index is 1.57. The molecule has 0 saturated heterocycles. The average Bonchev–Trinajstić information content (AvgIpc) is 3.16. The van der Waals surface area contributed by atoms with Gasteiger partial charge in [0.1, 0.15) is 12.1 Å². The number of hydrogen-bond donors (Lipinski definition) is 0. The molecule has 0 amide bonds. The van der Waals surface area contributed by atoms with Gasteiger partial charge in [-0.15, -0.1) is 0 Å². The fourth-order valence-corrected chi connectivity index (χ4v) is 3.51. The van der Waals surface area contributed by atoms with Gasteiger partial charge in [-0.3, -0.25) is 4.79 Å². The van der Waals surface area contributed by atoms with Crippen molar-refractivity contribution in [2.75, 3.05) is 18.6 Å². The van der Waals surface area contributed by atoms with E-state index in [1.54, 1.807) is 18.4 Å². The summed E-state index contributed by atoms with van der Waals surface area (Å²) in [6, 6.07) is 14.0. The maximum Gasteiger partial charge on any atom is 0.313 e. The Morgan fingerprint density at radius 3 is 2.96 bits per heavy atom. The maximum atomic E-state index is 13.4. The van der Waals surface area contributed by atoms with Crippen molar-refractivity contribution in [3.8, 4) is 11.5 Å². The van der Waals surface area contributed by atoms with Crippen LogP contribution in [0.25, 0.3) is 11.5 Å². The molecule has 0 spiro atoms. The van der Waals surface area contributed by atoms with Gasteiger partial charge in [0.15, 0.2) is 0 Å². The molecule has 2 heterocycles. The Morgan fingerprint density at radius 1 is 1.30 bits per heavy atom. The second kappa shape index (κ2) is 7.23. The Hall–Kier alpha value is -3.15. The van der Waals surface area contributed by atoms with Crippen molar-refractivity contribution in [3.63, 3.8) is 0 Å². The van der Waals surface area contributed by atoms with Crippen molar-refractivity contribution in [3.05, 3.63) is 71.9 Å². The Bertz CT molecular complexity index is 969. The van der Waals surface area contributed by atoms with Gasteiger partial charge in [-0.2, -0.15) is 0 Å². The van der Waals surface area contributed by atoms with E-state index in [1.165, 1.54) is 19.2 Å². The zero-order valence-electron chi connectivity index (χ0n) is 14.9. The van der Waals surface area contributed by atoms with E-state index in [0.29, 0.717) is 31.0 Å². The first-order valence-corrected chi connectivity index (χ1v) is 8.78. The van der Waals surface area contributed by atoms with E-state index >= 15 is 0 Å². The third-order valence-electron chi connectivity index (χ3n) is 4.80. The zero-order chi connectivity index (χ0) is 18.8. The number of aromatic nitrogens is 1. The van der Waals surface area contributed by atoms with Crippen molar-refractivity contribution in [2.24, 2.45) is 0 Å². The van der Waals surface area contributed by atoms with Gasteiger partial charge in [0.25, 0.3) is 0 Å². The van der Waals surface area contributed by atoms with Crippen LogP contribution in [0.3, 0.4) is 0 Å². The van der Waals surface area contributed by atoms with E-state index in [-0.39, 0.29) is 17.7 Å². The monoisotopic (exact) mass is 366 g/mol. The Morgan fingerprint density at radius 2 is 2.15 bits per heavy atom. The number of carbonyl (C=O) groups is 1. The molecular weight excluding hydrogens is 347 g/mol. The summed E-state index contributed by atoms with van der Waals surface area (Å²) >= 11 is 0. The lowest BCUT2D eigenvalue weighted by molar-refractivity contribution is -0.142. The topological polar surface area (TPSA) is 55.6 Å². The van der Waals surface area contributed by atoms with Crippen molar-refractivity contribution in [2.45, 2.75) is 18.9 Å². The van der Waals surface area contributed by atoms with Crippen molar-refractivity contribution >= 4 is 11.7 Å². The largest absolute Gasteiger partial charge is 0.469 e. The standard InChI is InChI=1S/C21H19FN2O3/c1-26-21(25)18-9-10-24(19-8-3-2-7-17(18)19)12-16-13-27-20(23-16)14-5-4-6-15(22)11-14/h2-8,11,13,18H,9-10,12H2,1H3/t18-/m1/s1. The van der Waals surface area contributed by atoms with Crippen LogP contribution in [0.15, 0.2) is 59.2 Å². The molecule has 0 N–H and O–H groups in total. The van der Waals surface area contributed by atoms with E-state index in [9.17, 15) is 9.18 Å². The molecule has 2 aromatic carbocycles. The number of benzene rings is 2. The van der Waals surface area contributed by atoms with Crippen LogP contribution in [0.4, 0.5) is 10.1 Å². The van der Waals surface area contributed by atoms with Crippen LogP contribution in [-0.4, -0.2) is 24.6 Å². The highest BCUT2D eigenvalue weighted by molar-refractivity contribution is 5.81. The zero-order valence-corrected chi connectivity index (χ0v) is 14.9. The number of nitrogens with zero attached hydrogens (tertiary/aromatic N) is 2. The minimum atomic E-state index is -0.328. The summed E-state index contributed by atoms with van der Waals surface area (Å²) in [7, 11) is 1.42. The van der Waals surface area contributed by atoms with Gasteiger partial charge in [0.2, 0.25) is 5.89 Å². The second-order valence-corrected chi connectivity index (χ2v) is 6.50. The molecule has 1 aliphatic rings. The number of halogens is 1. The molecule has 0 fully saturated rings. The number of anilines is 1. The Labute approximate surface area is 156 Å². The number of rotatable bonds is 4. The molecule has 1 atom stereocenters. The molecular formula is C21H19FN2O3. The SMILES string of the molecule is COC(=O)[C@@H]1CCN(Cc2coc(-c3cccc(F)c3)n2)c2ccccc21. The van der Waals surface area contributed by atoms with Gasteiger partial charge in [-0.25, -0.2) is 9.37 Å². The Kier molecular flexibility index (Phi) is 4.62. The predicted molar refractivity (Wildman–Crippen MR) is 98.8 cm³/mol. The number of para-hydroxylation sites is 1. The van der Waals surface area contributed by atoms with Gasteiger partial charge in [-0.1, -0.05) is 24.3 Å². The summed E-state index contributed by atoms with van der Waals surface area (Å²) in [5.41, 5.74) is 3.31. The number of fused-ring (bicyclic) bond motifs is 1. The molecule has 1 aliphatic heterocycles. The summed E-state index contributed by atoms with van der Waals surface area (Å²) < 4.78 is 23.9. The highest BCUT2D eigenvalue weighted by Crippen LogP contribution is 2.36. The van der Waals surface area contributed by atoms with Crippen LogP contribution in [0.1, 0.15) is 23.6 Å². The molecule has 0 aliphatic carbocycles. The molecule has 5 nitrogen and oxygen atoms in total. The smallest absolute Gasteiger partial charge is 0.313 e. The second-order valence-electron chi connectivity index (χ2n) is 6.50. The van der Waals surface area contributed by atoms with Crippen molar-refractivity contribution < 1.29 is 18.3 Å². The van der Waals surface area contributed by atoms with E-state index in [0.717, 1.165) is 16.9 Å². The lowest BCUT2D eigenvalue weighted by Crippen LogP contribution is -2.33. The van der Waals surface area contributed by atoms with Crippen LogP contribution in [0.5, 0.6) is 0 Å². The van der Waals surface area contributed by atoms with Crippen LogP contribution in [0, 0.1) is 5.82 Å². The van der Waals surface area contributed by atoms with Crippen molar-refractivity contribution in [1.82, 2.24) is 4.98 Å². The van der Waals surface area contributed by atoms with Crippen LogP contribution in [-0.2, 0) is 16.1 Å². The quantitative estimate of drug-likeness (QED) is 0.650. The number of hydrogen-bond acceptors (Lipinski definition) is 5.